The molecule has 0 bridgehead atoms. The quantitative estimate of drug-likeness (QED) is 0.830. The number of primary sulfonamides is 1. The molecule has 25 heavy (non-hydrogen) atoms. The first kappa shape index (κ1) is 18.8. The summed E-state index contributed by atoms with van der Waals surface area (Å²) < 4.78 is 49.3. The molecular formula is C14H17F2N5O3S. The topological polar surface area (TPSA) is 110 Å². The summed E-state index contributed by atoms with van der Waals surface area (Å²) in [6.07, 6.45) is -1.53. The zero-order valence-electron chi connectivity index (χ0n) is 13.5. The Morgan fingerprint density at radius 3 is 2.48 bits per heavy atom. The van der Waals surface area contributed by atoms with Crippen LogP contribution in [-0.2, 0) is 23.6 Å². The highest BCUT2D eigenvalue weighted by atomic mass is 32.2. The third kappa shape index (κ3) is 4.73. The molecule has 0 aliphatic rings. The number of benzene rings is 1. The summed E-state index contributed by atoms with van der Waals surface area (Å²) in [6.45, 7) is 0.140. The lowest BCUT2D eigenvalue weighted by molar-refractivity contribution is 0.146. The van der Waals surface area contributed by atoms with Crippen LogP contribution in [0.4, 0.5) is 19.3 Å². The predicted octanol–water partition coefficient (Wildman–Crippen LogP) is 1.67. The standard InChI is InChI=1S/C14H17F2N5O3S/c1-20(7-9-3-5-10(6-4-9)25(17,23)24)14(22)18-11-8-21(2)19-12(11)13(15)16/h3-6,8,13H,7H2,1-2H3,(H,18,22)(H2,17,23,24). The van der Waals surface area contributed by atoms with Gasteiger partial charge in [0.15, 0.2) is 5.69 Å². The Morgan fingerprint density at radius 1 is 1.36 bits per heavy atom. The van der Waals surface area contributed by atoms with Gasteiger partial charge in [0.2, 0.25) is 10.0 Å². The molecule has 2 aromatic rings. The maximum absolute atomic E-state index is 12.9. The number of nitrogens with zero attached hydrogens (tertiary/aromatic N) is 3. The number of sulfonamides is 1. The minimum Gasteiger partial charge on any atom is -0.323 e. The molecule has 0 radical (unpaired) electrons. The number of rotatable bonds is 5. The predicted molar refractivity (Wildman–Crippen MR) is 86.5 cm³/mol. The number of anilines is 1. The number of carbonyl (C=O) groups excluding carboxylic acids is 1. The molecule has 1 heterocycles. The number of aryl methyl sites for hydroxylation is 1. The fourth-order valence-corrected chi connectivity index (χ4v) is 2.62. The summed E-state index contributed by atoms with van der Waals surface area (Å²) in [5.74, 6) is 0. The molecule has 0 atom stereocenters. The largest absolute Gasteiger partial charge is 0.323 e. The average molecular weight is 373 g/mol. The molecule has 0 fully saturated rings. The van der Waals surface area contributed by atoms with Crippen LogP contribution in [0.25, 0.3) is 0 Å². The number of alkyl halides is 2. The molecule has 1 aromatic heterocycles. The second kappa shape index (κ2) is 7.15. The van der Waals surface area contributed by atoms with Crippen molar-refractivity contribution in [2.24, 2.45) is 12.2 Å². The van der Waals surface area contributed by atoms with Crippen molar-refractivity contribution >= 4 is 21.7 Å². The van der Waals surface area contributed by atoms with Gasteiger partial charge in [-0.15, -0.1) is 0 Å². The molecule has 0 aliphatic heterocycles. The van der Waals surface area contributed by atoms with Crippen molar-refractivity contribution in [3.8, 4) is 0 Å². The second-order valence-corrected chi connectivity index (χ2v) is 6.94. The molecule has 1 aromatic carbocycles. The number of halogens is 2. The molecule has 2 rings (SSSR count). The maximum atomic E-state index is 12.9. The highest BCUT2D eigenvalue weighted by molar-refractivity contribution is 7.89. The van der Waals surface area contributed by atoms with E-state index in [0.717, 1.165) is 0 Å². The summed E-state index contributed by atoms with van der Waals surface area (Å²) in [6, 6.07) is 5.07. The van der Waals surface area contributed by atoms with Crippen molar-refractivity contribution in [2.45, 2.75) is 17.9 Å². The summed E-state index contributed by atoms with van der Waals surface area (Å²) in [5, 5.41) is 11.0. The Balaban J connectivity index is 2.06. The third-order valence-electron chi connectivity index (χ3n) is 3.32. The summed E-state index contributed by atoms with van der Waals surface area (Å²) in [7, 11) is -0.845. The fraction of sp³-hybridized carbons (Fsp3) is 0.286. The van der Waals surface area contributed by atoms with Crippen LogP contribution in [0.2, 0.25) is 0 Å². The Labute approximate surface area is 143 Å². The SMILES string of the molecule is CN(Cc1ccc(S(N)(=O)=O)cc1)C(=O)Nc1cn(C)nc1C(F)F. The molecule has 0 spiro atoms. The molecule has 136 valence electrons. The number of amides is 2. The lowest BCUT2D eigenvalue weighted by Gasteiger charge is -2.18. The van der Waals surface area contributed by atoms with Gasteiger partial charge in [-0.1, -0.05) is 12.1 Å². The molecule has 0 unspecified atom stereocenters. The van der Waals surface area contributed by atoms with E-state index in [1.54, 1.807) is 0 Å². The Bertz CT molecular complexity index is 865. The number of urea groups is 1. The molecule has 0 saturated carbocycles. The molecule has 2 amide bonds. The van der Waals surface area contributed by atoms with Crippen molar-refractivity contribution in [3.63, 3.8) is 0 Å². The van der Waals surface area contributed by atoms with Crippen LogP contribution in [0, 0.1) is 0 Å². The van der Waals surface area contributed by atoms with Gasteiger partial charge in [-0.25, -0.2) is 27.1 Å². The summed E-state index contributed by atoms with van der Waals surface area (Å²) in [5.41, 5.74) is 0.0611. The van der Waals surface area contributed by atoms with E-state index in [2.05, 4.69) is 10.4 Å². The third-order valence-corrected chi connectivity index (χ3v) is 4.25. The Kier molecular flexibility index (Phi) is 5.38. The molecule has 11 heteroatoms. The van der Waals surface area contributed by atoms with Gasteiger partial charge in [-0.05, 0) is 17.7 Å². The lowest BCUT2D eigenvalue weighted by atomic mass is 10.2. The summed E-state index contributed by atoms with van der Waals surface area (Å²) in [4.78, 5) is 13.4. The maximum Gasteiger partial charge on any atom is 0.321 e. The van der Waals surface area contributed by atoms with Crippen LogP contribution in [0.1, 0.15) is 17.7 Å². The van der Waals surface area contributed by atoms with Crippen molar-refractivity contribution in [2.75, 3.05) is 12.4 Å². The van der Waals surface area contributed by atoms with E-state index < -0.39 is 28.2 Å². The van der Waals surface area contributed by atoms with Crippen LogP contribution in [-0.4, -0.2) is 36.2 Å². The molecule has 0 saturated heterocycles. The lowest BCUT2D eigenvalue weighted by Crippen LogP contribution is -2.31. The first-order valence-corrected chi connectivity index (χ1v) is 8.58. The van der Waals surface area contributed by atoms with Gasteiger partial charge in [-0.3, -0.25) is 4.68 Å². The molecule has 0 aliphatic carbocycles. The van der Waals surface area contributed by atoms with Crippen LogP contribution >= 0.6 is 0 Å². The monoisotopic (exact) mass is 373 g/mol. The number of nitrogens with two attached hydrogens (primary N) is 1. The number of nitrogens with one attached hydrogen (secondary N) is 1. The minimum atomic E-state index is -3.79. The Hall–Kier alpha value is -2.53. The normalized spacial score (nSPS) is 11.6. The first-order valence-electron chi connectivity index (χ1n) is 7.03. The van der Waals surface area contributed by atoms with E-state index in [1.165, 1.54) is 54.1 Å². The highest BCUT2D eigenvalue weighted by Crippen LogP contribution is 2.25. The van der Waals surface area contributed by atoms with Gasteiger partial charge in [0.25, 0.3) is 6.43 Å². The van der Waals surface area contributed by atoms with E-state index in [-0.39, 0.29) is 17.1 Å². The van der Waals surface area contributed by atoms with Gasteiger partial charge in [0, 0.05) is 26.8 Å². The molecular weight excluding hydrogens is 356 g/mol. The average Bonchev–Trinajstić information content (AvgIpc) is 2.87. The Morgan fingerprint density at radius 2 is 1.96 bits per heavy atom. The first-order chi connectivity index (χ1) is 11.6. The van der Waals surface area contributed by atoms with Gasteiger partial charge < -0.3 is 10.2 Å². The zero-order chi connectivity index (χ0) is 18.8. The van der Waals surface area contributed by atoms with E-state index in [0.29, 0.717) is 5.56 Å². The number of hydrogen-bond donors (Lipinski definition) is 2. The van der Waals surface area contributed by atoms with Crippen molar-refractivity contribution in [3.05, 3.63) is 41.7 Å². The van der Waals surface area contributed by atoms with Crippen molar-refractivity contribution in [1.29, 1.82) is 0 Å². The fourth-order valence-electron chi connectivity index (χ4n) is 2.10. The van der Waals surface area contributed by atoms with E-state index in [4.69, 9.17) is 5.14 Å². The number of carbonyl (C=O) groups is 1. The van der Waals surface area contributed by atoms with Crippen molar-refractivity contribution in [1.82, 2.24) is 14.7 Å². The van der Waals surface area contributed by atoms with Crippen molar-refractivity contribution < 1.29 is 22.0 Å². The van der Waals surface area contributed by atoms with Gasteiger partial charge >= 0.3 is 6.03 Å². The highest BCUT2D eigenvalue weighted by Gasteiger charge is 2.20. The van der Waals surface area contributed by atoms with Crippen LogP contribution < -0.4 is 10.5 Å². The van der Waals surface area contributed by atoms with E-state index >= 15 is 0 Å². The van der Waals surface area contributed by atoms with Crippen LogP contribution in [0.15, 0.2) is 35.4 Å². The van der Waals surface area contributed by atoms with Crippen LogP contribution in [0.3, 0.4) is 0 Å². The van der Waals surface area contributed by atoms with Gasteiger partial charge in [0.05, 0.1) is 10.6 Å². The number of hydrogen-bond acceptors (Lipinski definition) is 4. The summed E-state index contributed by atoms with van der Waals surface area (Å²) >= 11 is 0. The van der Waals surface area contributed by atoms with E-state index in [9.17, 15) is 22.0 Å². The molecule has 8 nitrogen and oxygen atoms in total. The second-order valence-electron chi connectivity index (χ2n) is 5.38. The zero-order valence-corrected chi connectivity index (χ0v) is 14.3. The van der Waals surface area contributed by atoms with Crippen LogP contribution in [0.5, 0.6) is 0 Å². The van der Waals surface area contributed by atoms with Gasteiger partial charge in [-0.2, -0.15) is 5.10 Å². The van der Waals surface area contributed by atoms with Gasteiger partial charge in [0.1, 0.15) is 0 Å². The molecule has 3 N–H and O–H groups in total. The van der Waals surface area contributed by atoms with E-state index in [1.807, 2.05) is 0 Å². The smallest absolute Gasteiger partial charge is 0.321 e. The number of aromatic nitrogens is 2. The minimum absolute atomic E-state index is 0.0414.